The minimum Gasteiger partial charge on any atom is -0.383 e. The number of thiophene rings is 1. The molecule has 1 aromatic heterocycles. The van der Waals surface area contributed by atoms with Crippen molar-refractivity contribution >= 4 is 11.3 Å². The van der Waals surface area contributed by atoms with E-state index in [1.807, 2.05) is 0 Å². The van der Waals surface area contributed by atoms with E-state index in [0.29, 0.717) is 5.41 Å². The quantitative estimate of drug-likeness (QED) is 0.865. The van der Waals surface area contributed by atoms with E-state index < -0.39 is 0 Å². The monoisotopic (exact) mass is 280 g/mol. The Labute approximate surface area is 119 Å². The maximum atomic E-state index is 5.29. The Kier molecular flexibility index (Phi) is 4.22. The highest BCUT2D eigenvalue weighted by Crippen LogP contribution is 2.55. The summed E-state index contributed by atoms with van der Waals surface area (Å²) in [4.78, 5) is 2.65. The summed E-state index contributed by atoms with van der Waals surface area (Å²) < 4.78 is 5.29. The summed E-state index contributed by atoms with van der Waals surface area (Å²) in [6.07, 6.45) is 4.10. The van der Waals surface area contributed by atoms with Crippen LogP contribution in [-0.2, 0) is 11.3 Å². The summed E-state index contributed by atoms with van der Waals surface area (Å²) in [5.41, 5.74) is 2.08. The lowest BCUT2D eigenvalue weighted by Crippen LogP contribution is -2.37. The lowest BCUT2D eigenvalue weighted by molar-refractivity contribution is 0.123. The van der Waals surface area contributed by atoms with Gasteiger partial charge in [0.1, 0.15) is 0 Å². The maximum absolute atomic E-state index is 5.29. The third-order valence-electron chi connectivity index (χ3n) is 4.74. The van der Waals surface area contributed by atoms with Crippen LogP contribution >= 0.6 is 11.3 Å². The fourth-order valence-corrected chi connectivity index (χ4v) is 4.14. The minimum atomic E-state index is 0.620. The molecule has 3 rings (SSSR count). The van der Waals surface area contributed by atoms with Crippen molar-refractivity contribution in [3.63, 3.8) is 0 Å². The number of nitrogens with zero attached hydrogens (tertiary/aromatic N) is 1. The van der Waals surface area contributed by atoms with Crippen LogP contribution in [0.5, 0.6) is 0 Å². The minimum absolute atomic E-state index is 0.620. The van der Waals surface area contributed by atoms with Gasteiger partial charge in [0.15, 0.2) is 0 Å². The second-order valence-electron chi connectivity index (χ2n) is 5.93. The zero-order valence-corrected chi connectivity index (χ0v) is 12.5. The molecular weight excluding hydrogens is 256 g/mol. The van der Waals surface area contributed by atoms with E-state index >= 15 is 0 Å². The first kappa shape index (κ1) is 13.6. The number of piperidine rings is 1. The van der Waals surface area contributed by atoms with Gasteiger partial charge in [-0.05, 0) is 60.2 Å². The van der Waals surface area contributed by atoms with Crippen molar-refractivity contribution in [2.24, 2.45) is 5.41 Å². The summed E-state index contributed by atoms with van der Waals surface area (Å²) in [6, 6.07) is 3.03. The van der Waals surface area contributed by atoms with Crippen LogP contribution in [0.2, 0.25) is 0 Å². The predicted molar refractivity (Wildman–Crippen MR) is 79.5 cm³/mol. The third kappa shape index (κ3) is 3.02. The van der Waals surface area contributed by atoms with Crippen LogP contribution in [0.25, 0.3) is 0 Å². The number of methoxy groups -OCH3 is 1. The van der Waals surface area contributed by atoms with Gasteiger partial charge in [-0.15, -0.1) is 0 Å². The van der Waals surface area contributed by atoms with Crippen molar-refractivity contribution < 1.29 is 4.74 Å². The molecule has 2 fully saturated rings. The Morgan fingerprint density at radius 1 is 1.47 bits per heavy atom. The molecule has 0 unspecified atom stereocenters. The molecule has 0 amide bonds. The number of ether oxygens (including phenoxy) is 1. The second-order valence-corrected chi connectivity index (χ2v) is 6.71. The second kappa shape index (κ2) is 5.92. The van der Waals surface area contributed by atoms with Gasteiger partial charge in [0.05, 0.1) is 6.61 Å². The molecule has 1 spiro atoms. The third-order valence-corrected chi connectivity index (χ3v) is 5.47. The predicted octanol–water partition coefficient (Wildman–Crippen LogP) is 2.34. The van der Waals surface area contributed by atoms with Crippen LogP contribution in [0.15, 0.2) is 16.8 Å². The van der Waals surface area contributed by atoms with Crippen molar-refractivity contribution in [3.8, 4) is 0 Å². The first-order valence-corrected chi connectivity index (χ1v) is 8.23. The summed E-state index contributed by atoms with van der Waals surface area (Å²) in [5, 5.41) is 7.94. The fraction of sp³-hybridized carbons (Fsp3) is 0.733. The van der Waals surface area contributed by atoms with Crippen molar-refractivity contribution in [2.75, 3.05) is 33.4 Å². The van der Waals surface area contributed by atoms with E-state index in [0.717, 1.165) is 25.7 Å². The zero-order valence-electron chi connectivity index (χ0n) is 11.7. The molecule has 4 heteroatoms. The molecule has 1 saturated heterocycles. The molecule has 106 valence electrons. The maximum Gasteiger partial charge on any atom is 0.0589 e. The molecule has 0 radical (unpaired) electrons. The standard InChI is InChI=1S/C15H24N2OS/c1-18-8-7-17(11-13-2-9-19-12-13)14-10-15(14)3-5-16-6-4-15/h2,9,12,14,16H,3-8,10-11H2,1H3/t14-/m0/s1. The topological polar surface area (TPSA) is 24.5 Å². The van der Waals surface area contributed by atoms with Crippen LogP contribution in [-0.4, -0.2) is 44.3 Å². The van der Waals surface area contributed by atoms with Crippen molar-refractivity contribution in [3.05, 3.63) is 22.4 Å². The number of nitrogens with one attached hydrogen (secondary N) is 1. The molecular formula is C15H24N2OS. The van der Waals surface area contributed by atoms with Crippen LogP contribution in [0.3, 0.4) is 0 Å². The SMILES string of the molecule is COCCN(Cc1ccsc1)[C@H]1CC12CCNCC2. The summed E-state index contributed by atoms with van der Waals surface area (Å²) in [6.45, 7) is 5.40. The van der Waals surface area contributed by atoms with E-state index in [9.17, 15) is 0 Å². The number of hydrogen-bond acceptors (Lipinski definition) is 4. The average molecular weight is 280 g/mol. The molecule has 3 nitrogen and oxygen atoms in total. The smallest absolute Gasteiger partial charge is 0.0589 e. The van der Waals surface area contributed by atoms with E-state index in [-0.39, 0.29) is 0 Å². The van der Waals surface area contributed by atoms with Crippen molar-refractivity contribution in [2.45, 2.75) is 31.8 Å². The molecule has 1 atom stereocenters. The van der Waals surface area contributed by atoms with E-state index in [2.05, 4.69) is 27.0 Å². The highest BCUT2D eigenvalue weighted by molar-refractivity contribution is 7.07. The Bertz CT molecular complexity index is 387. The largest absolute Gasteiger partial charge is 0.383 e. The molecule has 1 aromatic rings. The molecule has 19 heavy (non-hydrogen) atoms. The highest BCUT2D eigenvalue weighted by Gasteiger charge is 2.56. The molecule has 0 aromatic carbocycles. The summed E-state index contributed by atoms with van der Waals surface area (Å²) >= 11 is 1.80. The van der Waals surface area contributed by atoms with E-state index in [1.165, 1.54) is 37.9 Å². The summed E-state index contributed by atoms with van der Waals surface area (Å²) in [7, 11) is 1.80. The first-order chi connectivity index (χ1) is 9.34. The Hall–Kier alpha value is -0.420. The first-order valence-electron chi connectivity index (χ1n) is 7.29. The molecule has 1 saturated carbocycles. The van der Waals surface area contributed by atoms with Gasteiger partial charge in [-0.1, -0.05) is 0 Å². The lowest BCUT2D eigenvalue weighted by Gasteiger charge is -2.29. The molecule has 2 heterocycles. The van der Waals surface area contributed by atoms with Gasteiger partial charge >= 0.3 is 0 Å². The fourth-order valence-electron chi connectivity index (χ4n) is 3.48. The normalized spacial score (nSPS) is 25.1. The van der Waals surface area contributed by atoms with Gasteiger partial charge in [-0.25, -0.2) is 0 Å². The molecule has 1 aliphatic heterocycles. The van der Waals surface area contributed by atoms with E-state index in [1.54, 1.807) is 18.4 Å². The average Bonchev–Trinajstić information content (AvgIpc) is 2.89. The Morgan fingerprint density at radius 2 is 2.32 bits per heavy atom. The van der Waals surface area contributed by atoms with Crippen molar-refractivity contribution in [1.29, 1.82) is 0 Å². The zero-order chi connectivity index (χ0) is 13.1. The number of rotatable bonds is 6. The van der Waals surface area contributed by atoms with Crippen LogP contribution < -0.4 is 5.32 Å². The Morgan fingerprint density at radius 3 is 3.00 bits per heavy atom. The molecule has 1 aliphatic carbocycles. The number of hydrogen-bond donors (Lipinski definition) is 1. The molecule has 1 N–H and O–H groups in total. The summed E-state index contributed by atoms with van der Waals surface area (Å²) in [5.74, 6) is 0. The van der Waals surface area contributed by atoms with Crippen LogP contribution in [0, 0.1) is 5.41 Å². The molecule has 2 aliphatic rings. The van der Waals surface area contributed by atoms with E-state index in [4.69, 9.17) is 4.74 Å². The Balaban J connectivity index is 1.62. The highest BCUT2D eigenvalue weighted by atomic mass is 32.1. The van der Waals surface area contributed by atoms with Crippen molar-refractivity contribution in [1.82, 2.24) is 10.2 Å². The molecule has 0 bridgehead atoms. The lowest BCUT2D eigenvalue weighted by atomic mass is 9.93. The van der Waals surface area contributed by atoms with Gasteiger partial charge in [0.25, 0.3) is 0 Å². The van der Waals surface area contributed by atoms with Gasteiger partial charge in [0, 0.05) is 26.2 Å². The van der Waals surface area contributed by atoms with Gasteiger partial charge in [0.2, 0.25) is 0 Å². The van der Waals surface area contributed by atoms with Crippen LogP contribution in [0.4, 0.5) is 0 Å². The van der Waals surface area contributed by atoms with Gasteiger partial charge < -0.3 is 10.1 Å². The van der Waals surface area contributed by atoms with Gasteiger partial charge in [-0.3, -0.25) is 4.90 Å². The van der Waals surface area contributed by atoms with Gasteiger partial charge in [-0.2, -0.15) is 11.3 Å². The van der Waals surface area contributed by atoms with Crippen LogP contribution in [0.1, 0.15) is 24.8 Å².